The highest BCUT2D eigenvalue weighted by Gasteiger charge is 2.21. The van der Waals surface area contributed by atoms with E-state index in [0.29, 0.717) is 17.6 Å². The minimum atomic E-state index is 0.590. The van der Waals surface area contributed by atoms with Crippen LogP contribution in [0.5, 0.6) is 0 Å². The summed E-state index contributed by atoms with van der Waals surface area (Å²) in [6, 6.07) is 57.7. The van der Waals surface area contributed by atoms with Crippen molar-refractivity contribution < 1.29 is 0 Å². The van der Waals surface area contributed by atoms with E-state index in [1.807, 2.05) is 29.5 Å². The van der Waals surface area contributed by atoms with Crippen LogP contribution < -0.4 is 0 Å². The fourth-order valence-corrected chi connectivity index (χ4v) is 8.88. The molecule has 0 N–H and O–H groups in total. The lowest BCUT2D eigenvalue weighted by atomic mass is 10.1. The number of para-hydroxylation sites is 3. The molecule has 11 rings (SSSR count). The molecule has 4 aromatic heterocycles. The van der Waals surface area contributed by atoms with E-state index in [4.69, 9.17) is 15.0 Å². The van der Waals surface area contributed by atoms with Gasteiger partial charge in [0.15, 0.2) is 11.6 Å². The molecule has 0 unspecified atom stereocenters. The zero-order valence-corrected chi connectivity index (χ0v) is 28.0. The standard InChI is InChI=1S/C45H27N5S/c1-3-13-28(14-4-1)43-46-44(29-23-24-32-31-17-7-10-20-35(31)49(38(32)27-29)30-15-5-2-6-16-30)48-45(47-43)50-36-21-11-8-18-33(36)41-37(50)25-26-40-42(41)34-19-9-12-22-39(34)51-40/h1-27H. The highest BCUT2D eigenvalue weighted by molar-refractivity contribution is 7.26. The van der Waals surface area contributed by atoms with Gasteiger partial charge in [0.25, 0.3) is 0 Å². The smallest absolute Gasteiger partial charge is 0.238 e. The number of nitrogens with zero attached hydrogens (tertiary/aromatic N) is 5. The zero-order valence-electron chi connectivity index (χ0n) is 27.2. The second-order valence-electron chi connectivity index (χ2n) is 12.9. The van der Waals surface area contributed by atoms with E-state index in [1.54, 1.807) is 0 Å². The lowest BCUT2D eigenvalue weighted by Gasteiger charge is -2.12. The Hall–Kier alpha value is -6.63. The van der Waals surface area contributed by atoms with E-state index < -0.39 is 0 Å². The molecule has 7 aromatic carbocycles. The van der Waals surface area contributed by atoms with Crippen LogP contribution in [0.1, 0.15) is 0 Å². The molecule has 0 saturated heterocycles. The van der Waals surface area contributed by atoms with Crippen molar-refractivity contribution in [3.63, 3.8) is 0 Å². The number of fused-ring (bicyclic) bond motifs is 10. The van der Waals surface area contributed by atoms with Crippen molar-refractivity contribution in [1.29, 1.82) is 0 Å². The maximum atomic E-state index is 5.30. The SMILES string of the molecule is c1ccc(-c2nc(-c3ccc4c5ccccc5n(-c5ccccc5)c4c3)nc(-n3c4ccccc4c4c5c(ccc43)sc3ccccc35)n2)cc1. The zero-order chi connectivity index (χ0) is 33.5. The quantitative estimate of drug-likeness (QED) is 0.187. The van der Waals surface area contributed by atoms with Gasteiger partial charge in [0, 0.05) is 58.5 Å². The Morgan fingerprint density at radius 3 is 1.80 bits per heavy atom. The number of thiophene rings is 1. The fourth-order valence-electron chi connectivity index (χ4n) is 7.76. The molecule has 4 heterocycles. The Balaban J connectivity index is 1.21. The molecule has 238 valence electrons. The van der Waals surface area contributed by atoms with E-state index in [9.17, 15) is 0 Å². The Morgan fingerprint density at radius 1 is 0.373 bits per heavy atom. The molecule has 0 aliphatic heterocycles. The van der Waals surface area contributed by atoms with Crippen LogP contribution in [0, 0.1) is 0 Å². The van der Waals surface area contributed by atoms with Crippen LogP contribution in [0.4, 0.5) is 0 Å². The van der Waals surface area contributed by atoms with Crippen molar-refractivity contribution in [3.8, 4) is 34.4 Å². The van der Waals surface area contributed by atoms with Crippen molar-refractivity contribution in [2.75, 3.05) is 0 Å². The maximum absolute atomic E-state index is 5.30. The number of hydrogen-bond acceptors (Lipinski definition) is 4. The molecule has 51 heavy (non-hydrogen) atoms. The summed E-state index contributed by atoms with van der Waals surface area (Å²) in [5.41, 5.74) is 7.37. The van der Waals surface area contributed by atoms with Crippen LogP contribution in [0.2, 0.25) is 0 Å². The third kappa shape index (κ3) is 4.24. The predicted octanol–water partition coefficient (Wildman–Crippen LogP) is 11.8. The summed E-state index contributed by atoms with van der Waals surface area (Å²) >= 11 is 1.84. The molecule has 0 fully saturated rings. The van der Waals surface area contributed by atoms with Gasteiger partial charge in [-0.3, -0.25) is 4.57 Å². The summed E-state index contributed by atoms with van der Waals surface area (Å²) in [6.45, 7) is 0. The highest BCUT2D eigenvalue weighted by atomic mass is 32.1. The molecule has 6 heteroatoms. The van der Waals surface area contributed by atoms with E-state index in [-0.39, 0.29) is 0 Å². The second-order valence-corrected chi connectivity index (χ2v) is 13.9. The van der Waals surface area contributed by atoms with Gasteiger partial charge < -0.3 is 4.57 Å². The summed E-state index contributed by atoms with van der Waals surface area (Å²) in [7, 11) is 0. The predicted molar refractivity (Wildman–Crippen MR) is 212 cm³/mol. The molecule has 0 amide bonds. The van der Waals surface area contributed by atoms with E-state index in [2.05, 4.69) is 155 Å². The Kier molecular flexibility index (Phi) is 6.05. The molecule has 0 aliphatic carbocycles. The number of benzene rings is 7. The fraction of sp³-hybridized carbons (Fsp3) is 0. The van der Waals surface area contributed by atoms with Gasteiger partial charge in [0.2, 0.25) is 5.95 Å². The average Bonchev–Trinajstić information content (AvgIpc) is 3.85. The number of hydrogen-bond donors (Lipinski definition) is 0. The first-order chi connectivity index (χ1) is 25.3. The van der Waals surface area contributed by atoms with Crippen LogP contribution >= 0.6 is 11.3 Å². The lowest BCUT2D eigenvalue weighted by molar-refractivity contribution is 0.954. The summed E-state index contributed by atoms with van der Waals surface area (Å²) in [5.74, 6) is 1.85. The summed E-state index contributed by atoms with van der Waals surface area (Å²) < 4.78 is 7.11. The third-order valence-electron chi connectivity index (χ3n) is 9.98. The topological polar surface area (TPSA) is 48.5 Å². The Morgan fingerprint density at radius 2 is 1.00 bits per heavy atom. The van der Waals surface area contributed by atoms with Crippen LogP contribution in [0.15, 0.2) is 164 Å². The van der Waals surface area contributed by atoms with Crippen molar-refractivity contribution in [3.05, 3.63) is 164 Å². The Bertz CT molecular complexity index is 3140. The normalized spacial score (nSPS) is 11.9. The lowest BCUT2D eigenvalue weighted by Crippen LogP contribution is -2.06. The van der Waals surface area contributed by atoms with Gasteiger partial charge in [-0.25, -0.2) is 4.98 Å². The maximum Gasteiger partial charge on any atom is 0.238 e. The van der Waals surface area contributed by atoms with E-state index >= 15 is 0 Å². The highest BCUT2D eigenvalue weighted by Crippen LogP contribution is 2.43. The molecular weight excluding hydrogens is 643 g/mol. The molecule has 0 atom stereocenters. The van der Waals surface area contributed by atoms with Gasteiger partial charge in [0.05, 0.1) is 22.1 Å². The van der Waals surface area contributed by atoms with Gasteiger partial charge in [-0.15, -0.1) is 11.3 Å². The molecule has 5 nitrogen and oxygen atoms in total. The largest absolute Gasteiger partial charge is 0.309 e. The van der Waals surface area contributed by atoms with Crippen molar-refractivity contribution in [2.45, 2.75) is 0 Å². The average molecular weight is 670 g/mol. The van der Waals surface area contributed by atoms with Gasteiger partial charge >= 0.3 is 0 Å². The van der Waals surface area contributed by atoms with E-state index in [0.717, 1.165) is 38.9 Å². The number of aromatic nitrogens is 5. The first kappa shape index (κ1) is 28.2. The van der Waals surface area contributed by atoms with Gasteiger partial charge in [-0.05, 0) is 48.5 Å². The Labute approximate surface area is 296 Å². The number of rotatable bonds is 4. The molecule has 11 aromatic rings. The van der Waals surface area contributed by atoms with Crippen molar-refractivity contribution >= 4 is 75.1 Å². The van der Waals surface area contributed by atoms with E-state index in [1.165, 1.54) is 41.7 Å². The molecule has 0 aliphatic rings. The molecule has 0 bridgehead atoms. The second kappa shape index (κ2) is 10.9. The summed E-state index contributed by atoms with van der Waals surface area (Å²) in [5, 5.41) is 7.34. The summed E-state index contributed by atoms with van der Waals surface area (Å²) in [4.78, 5) is 15.6. The van der Waals surface area contributed by atoms with Crippen LogP contribution in [0.3, 0.4) is 0 Å². The minimum Gasteiger partial charge on any atom is -0.309 e. The first-order valence-electron chi connectivity index (χ1n) is 17.0. The van der Waals surface area contributed by atoms with Crippen LogP contribution in [-0.4, -0.2) is 24.1 Å². The summed E-state index contributed by atoms with van der Waals surface area (Å²) in [6.07, 6.45) is 0. The van der Waals surface area contributed by atoms with Gasteiger partial charge in [-0.1, -0.05) is 115 Å². The molecule has 0 saturated carbocycles. The van der Waals surface area contributed by atoms with Crippen LogP contribution in [0.25, 0.3) is 98.2 Å². The van der Waals surface area contributed by atoms with Crippen molar-refractivity contribution in [1.82, 2.24) is 24.1 Å². The van der Waals surface area contributed by atoms with Crippen LogP contribution in [-0.2, 0) is 0 Å². The third-order valence-corrected chi connectivity index (χ3v) is 11.1. The molecule has 0 spiro atoms. The molecule has 0 radical (unpaired) electrons. The monoisotopic (exact) mass is 669 g/mol. The van der Waals surface area contributed by atoms with Crippen molar-refractivity contribution in [2.24, 2.45) is 0 Å². The minimum absolute atomic E-state index is 0.590. The van der Waals surface area contributed by atoms with Gasteiger partial charge in [-0.2, -0.15) is 9.97 Å². The van der Waals surface area contributed by atoms with Gasteiger partial charge in [0.1, 0.15) is 0 Å². The first-order valence-corrected chi connectivity index (χ1v) is 17.9. The molecular formula is C45H27N5S.